The van der Waals surface area contributed by atoms with E-state index >= 15 is 0 Å². The number of aromatic amines is 6. The first-order valence-corrected chi connectivity index (χ1v) is 55.8. The zero-order chi connectivity index (χ0) is 105. The van der Waals surface area contributed by atoms with Crippen molar-refractivity contribution in [2.45, 2.75) is 153 Å². The number of hydrogen-bond donors (Lipinski definition) is 15. The molecular weight excluding hydrogens is 2020 g/mol. The van der Waals surface area contributed by atoms with Crippen LogP contribution in [0.25, 0.3) is 113 Å². The highest BCUT2D eigenvalue weighted by atomic mass is 32.2. The fourth-order valence-electron chi connectivity index (χ4n) is 18.4. The number of aliphatic imine (C=N–C) groups is 1. The van der Waals surface area contributed by atoms with Crippen molar-refractivity contribution in [1.82, 2.24) is 139 Å². The average Bonchev–Trinajstić information content (AvgIpc) is 1.36. The summed E-state index contributed by atoms with van der Waals surface area (Å²) in [7, 11) is -19.8. The largest absolute Gasteiger partial charge is 0.365 e. The topological polar surface area (TPSA) is 698 Å². The summed E-state index contributed by atoms with van der Waals surface area (Å²) in [6, 6.07) is 69.3. The molecule has 1 atom stereocenters. The second-order valence-electron chi connectivity index (χ2n) is 36.9. The number of carbonyl (C=O) groups excluding carboxylic acids is 1. The molecule has 51 heteroatoms. The molecule has 5 aliphatic rings. The summed E-state index contributed by atoms with van der Waals surface area (Å²) >= 11 is 0. The van der Waals surface area contributed by atoms with Gasteiger partial charge < -0.3 is 31.2 Å². The van der Waals surface area contributed by atoms with E-state index in [1.54, 1.807) is 49.4 Å². The summed E-state index contributed by atoms with van der Waals surface area (Å²) < 4.78 is 121. The molecule has 2 aliphatic carbocycles. The molecular formula is C99H111N35O11S5. The van der Waals surface area contributed by atoms with E-state index in [4.69, 9.17) is 25.7 Å². The molecule has 1 unspecified atom stereocenters. The molecule has 3 aliphatic heterocycles. The van der Waals surface area contributed by atoms with Gasteiger partial charge in [0.15, 0.2) is 12.5 Å². The Labute approximate surface area is 864 Å². The van der Waals surface area contributed by atoms with Gasteiger partial charge in [-0.3, -0.25) is 9.69 Å². The number of Topliss-reactive ketones (excluding diaryl/α,β-unsaturated/α-hetero) is 1. The van der Waals surface area contributed by atoms with Crippen molar-refractivity contribution < 1.29 is 46.9 Å². The Morgan fingerprint density at radius 2 is 0.740 bits per heavy atom. The number of aromatic nitrogens is 21. The Morgan fingerprint density at radius 1 is 0.393 bits per heavy atom. The first-order chi connectivity index (χ1) is 72.2. The van der Waals surface area contributed by atoms with E-state index in [1.165, 1.54) is 106 Å². The molecule has 2 saturated carbocycles. The SMILES string of the molecule is CC(=O)C1CCN1Cc1ccc(-c2cccc(S(N)(=O)=O)c2-c2nn[nH]n2)cc1.CC1(CNCc2ccc(-c3cccc(S(N)(=O)=O)c3-c3nn[nH]n3)cc2)CC1.NS(=O)(=O)c1cccc(-c2ccc(CNC3CCN(C4CCCC4)CC3)cc2)c1-c1nn[nH]n1.NS(=O)(=O)c1cccc(-c2ccc(CNCC3=NCN=N3)cc2)c1-c1nn[nH]n1.NS(=O)(=O)c1cccc(-c2ccc(CNCCc3ccc[nH]3)cc2)c1-c1nn[nH]n1. The van der Waals surface area contributed by atoms with Gasteiger partial charge in [-0.1, -0.05) is 202 Å². The zero-order valence-electron chi connectivity index (χ0n) is 81.6. The molecule has 150 heavy (non-hydrogen) atoms. The standard InChI is InChI=1S/C24H31N7O2S.C20H21N7O2S.C19H20N6O3S.C19H22N6O2S.C17H17N9O2S/c25-34(32,33)22-7-3-6-21(23(22)24-27-29-30-28-24)18-10-8-17(9-11-18)16-26-19-12-14-31(15-13-19)20-4-1-2-5-20;21-30(28,29)18-5-1-4-17(19(18)20-24-26-27-25-20)15-8-6-14(7-9-15)13-22-12-10-16-3-2-11-23-16;1-12(26)16-9-10-25(16)11-13-5-7-14(8-6-13)15-3-2-4-17(29(20,27)28)18(15)19-21-23-24-22-19;1-19(9-10-19)12-21-11-13-5-7-14(8-6-13)15-3-2-4-16(28(20,26)27)17(15)18-22-24-25-23-18;18-29(27,28)14-3-1-2-13(16(14)17-23-25-26-24-17)12-6-4-11(5-7-12)8-19-9-15-20-10-21-22-15/h3,6-11,19-20,26H,1-2,4-5,12-16H2,(H2,25,32,33)(H,27,28,29,30);1-9,11,22-23H,10,12-13H2,(H2,21,28,29)(H,24,25,26,27);2-8,16H,9-11H2,1H3,(H2,20,27,28)(H,21,22,23,24);2-8,21H,9-12H2,1H3,(H2,20,26,27)(H,22,23,24,25);1-7,19H,8-10H2,(H2,18,27,28)(H,23,24,25,26). The van der Waals surface area contributed by atoms with Crippen molar-refractivity contribution >= 4 is 61.7 Å². The number of nitrogens with two attached hydrogens (primary N) is 5. The third kappa shape index (κ3) is 27.2. The van der Waals surface area contributed by atoms with E-state index < -0.39 is 50.1 Å². The fraction of sp³-hybridized carbons (Fsp3) is 0.283. The Hall–Kier alpha value is -14.9. The molecule has 0 amide bonds. The van der Waals surface area contributed by atoms with Crippen LogP contribution in [0.1, 0.15) is 105 Å². The normalized spacial score (nSPS) is 15.4. The molecule has 778 valence electrons. The van der Waals surface area contributed by atoms with Crippen LogP contribution >= 0.6 is 0 Å². The highest BCUT2D eigenvalue weighted by molar-refractivity contribution is 7.90. The van der Waals surface area contributed by atoms with Crippen molar-refractivity contribution in [3.8, 4) is 113 Å². The molecule has 9 heterocycles. The van der Waals surface area contributed by atoms with E-state index in [2.05, 4.69) is 180 Å². The van der Waals surface area contributed by atoms with Crippen molar-refractivity contribution in [1.29, 1.82) is 0 Å². The number of sulfonamides is 5. The van der Waals surface area contributed by atoms with Gasteiger partial charge >= 0.3 is 0 Å². The Kier molecular flexibility index (Phi) is 33.8. The molecule has 46 nitrogen and oxygen atoms in total. The maximum atomic E-state index is 12.2. The number of azo groups is 1. The van der Waals surface area contributed by atoms with Gasteiger partial charge in [0.1, 0.15) is 5.78 Å². The smallest absolute Gasteiger partial charge is 0.238 e. The van der Waals surface area contributed by atoms with Crippen LogP contribution in [0.4, 0.5) is 0 Å². The Bertz CT molecular complexity index is 7970. The van der Waals surface area contributed by atoms with Crippen LogP contribution in [0.5, 0.6) is 0 Å². The number of ketones is 1. The number of nitrogens with zero attached hydrogens (tertiary/aromatic N) is 20. The lowest BCUT2D eigenvalue weighted by Gasteiger charge is -2.39. The predicted molar refractivity (Wildman–Crippen MR) is 559 cm³/mol. The monoisotopic (exact) mass is 2130 g/mol. The number of likely N-dealkylation sites (tertiary alicyclic amines) is 2. The summed E-state index contributed by atoms with van der Waals surface area (Å²) in [5.41, 5.74) is 16.3. The van der Waals surface area contributed by atoms with Gasteiger partial charge in [0.05, 0.1) is 64.9 Å². The summed E-state index contributed by atoms with van der Waals surface area (Å²) in [6.45, 7) is 13.7. The minimum atomic E-state index is -3.98. The number of amidine groups is 1. The van der Waals surface area contributed by atoms with E-state index in [9.17, 15) is 46.9 Å². The van der Waals surface area contributed by atoms with E-state index in [0.717, 1.165) is 108 Å². The lowest BCUT2D eigenvalue weighted by molar-refractivity contribution is -0.126. The van der Waals surface area contributed by atoms with Gasteiger partial charge in [0.25, 0.3) is 0 Å². The second kappa shape index (κ2) is 47.7. The van der Waals surface area contributed by atoms with Gasteiger partial charge in [-0.15, -0.1) is 56.1 Å². The zero-order valence-corrected chi connectivity index (χ0v) is 85.7. The molecule has 0 spiro atoms. The molecule has 10 aromatic carbocycles. The fourth-order valence-corrected chi connectivity index (χ4v) is 22.2. The Balaban J connectivity index is 0.000000128. The van der Waals surface area contributed by atoms with Crippen LogP contribution in [0.3, 0.4) is 0 Å². The quantitative estimate of drug-likeness (QED) is 0.0165. The number of tetrazole rings is 5. The number of benzene rings is 10. The number of primary sulfonamides is 5. The van der Waals surface area contributed by atoms with Crippen LogP contribution in [0, 0.1) is 5.41 Å². The number of rotatable bonds is 35. The summed E-state index contributed by atoms with van der Waals surface area (Å²) in [6.07, 6.45) is 14.3. The van der Waals surface area contributed by atoms with Crippen molar-refractivity contribution in [3.63, 3.8) is 0 Å². The lowest BCUT2D eigenvalue weighted by Crippen LogP contribution is -2.50. The highest BCUT2D eigenvalue weighted by Gasteiger charge is 2.37. The summed E-state index contributed by atoms with van der Waals surface area (Å²) in [5.74, 6) is 1.73. The molecule has 16 aromatic rings. The first kappa shape index (κ1) is 106. The lowest BCUT2D eigenvalue weighted by atomic mass is 9.96. The van der Waals surface area contributed by atoms with Gasteiger partial charge in [-0.25, -0.2) is 72.8 Å². The predicted octanol–water partition coefficient (Wildman–Crippen LogP) is 9.03. The number of hydrogen-bond acceptors (Lipinski definition) is 35. The molecule has 0 radical (unpaired) electrons. The van der Waals surface area contributed by atoms with E-state index in [-0.39, 0.29) is 65.4 Å². The molecule has 4 fully saturated rings. The third-order valence-corrected chi connectivity index (χ3v) is 31.2. The number of H-pyrrole nitrogens is 6. The van der Waals surface area contributed by atoms with E-state index in [1.807, 2.05) is 140 Å². The van der Waals surface area contributed by atoms with Crippen LogP contribution < -0.4 is 47.0 Å². The maximum Gasteiger partial charge on any atom is 0.238 e. The third-order valence-electron chi connectivity index (χ3n) is 26.4. The van der Waals surface area contributed by atoms with Gasteiger partial charge in [-0.2, -0.15) is 31.2 Å². The minimum absolute atomic E-state index is 0.00552. The maximum absolute atomic E-state index is 12.2. The van der Waals surface area contributed by atoms with Crippen LogP contribution in [-0.2, 0) is 94.1 Å². The van der Waals surface area contributed by atoms with Gasteiger partial charge in [0.2, 0.25) is 79.2 Å². The van der Waals surface area contributed by atoms with Crippen LogP contribution in [0.15, 0.2) is 270 Å². The number of piperidine rings is 1. The molecule has 2 saturated heterocycles. The highest BCUT2D eigenvalue weighted by Crippen LogP contribution is 2.45. The molecule has 20 N–H and O–H groups in total. The number of nitrogens with one attached hydrogen (secondary N) is 10. The van der Waals surface area contributed by atoms with Crippen LogP contribution in [0.2, 0.25) is 0 Å². The molecule has 21 rings (SSSR count). The van der Waals surface area contributed by atoms with Crippen molar-refractivity contribution in [2.75, 3.05) is 45.9 Å². The van der Waals surface area contributed by atoms with Crippen molar-refractivity contribution in [2.24, 2.45) is 46.3 Å². The van der Waals surface area contributed by atoms with Crippen molar-refractivity contribution in [3.05, 3.63) is 264 Å². The average molecular weight is 2130 g/mol. The van der Waals surface area contributed by atoms with Gasteiger partial charge in [-0.05, 0) is 229 Å². The van der Waals surface area contributed by atoms with E-state index in [0.29, 0.717) is 99.2 Å². The number of carbonyl (C=O) groups is 1. The summed E-state index contributed by atoms with van der Waals surface area (Å²) in [5, 5.41) is 118. The minimum Gasteiger partial charge on any atom is -0.365 e. The molecule has 6 aromatic heterocycles. The Morgan fingerprint density at radius 3 is 1.04 bits per heavy atom. The summed E-state index contributed by atoms with van der Waals surface area (Å²) in [4.78, 5) is 23.5. The second-order valence-corrected chi connectivity index (χ2v) is 44.5. The first-order valence-electron chi connectivity index (χ1n) is 48.1. The van der Waals surface area contributed by atoms with Crippen LogP contribution in [-0.4, -0.2) is 236 Å². The van der Waals surface area contributed by atoms with Gasteiger partial charge in [0, 0.05) is 76.3 Å². The molecule has 0 bridgehead atoms.